The fraction of sp³-hybridized carbons (Fsp3) is 0.476. The highest BCUT2D eigenvalue weighted by Gasteiger charge is 2.32. The fourth-order valence-corrected chi connectivity index (χ4v) is 3.97. The Morgan fingerprint density at radius 3 is 2.27 bits per heavy atom. The number of carbonyl (C=O) groups excluding carboxylic acids is 1. The lowest BCUT2D eigenvalue weighted by Gasteiger charge is -2.41. The first-order chi connectivity index (χ1) is 12.4. The predicted octanol–water partition coefficient (Wildman–Crippen LogP) is 2.48. The molecule has 0 radical (unpaired) electrons. The van der Waals surface area contributed by atoms with Gasteiger partial charge in [0.25, 0.3) is 5.91 Å². The third kappa shape index (κ3) is 3.55. The summed E-state index contributed by atoms with van der Waals surface area (Å²) in [7, 11) is 4.02. The minimum atomic E-state index is 0.0701. The summed E-state index contributed by atoms with van der Waals surface area (Å²) in [6.45, 7) is 5.70. The molecular formula is C21H29N3O2. The zero-order chi connectivity index (χ0) is 18.8. The Balaban J connectivity index is 1.76. The number of rotatable bonds is 4. The number of carbonyl (C=O) groups is 1. The molecule has 0 bridgehead atoms. The van der Waals surface area contributed by atoms with Crippen LogP contribution >= 0.6 is 0 Å². The molecule has 1 aliphatic heterocycles. The lowest BCUT2D eigenvalue weighted by atomic mass is 9.91. The van der Waals surface area contributed by atoms with Crippen LogP contribution in [0.1, 0.15) is 28.2 Å². The van der Waals surface area contributed by atoms with Gasteiger partial charge in [0.05, 0.1) is 0 Å². The number of piperidine rings is 1. The van der Waals surface area contributed by atoms with Crippen molar-refractivity contribution in [3.05, 3.63) is 53.3 Å². The Kier molecular flexibility index (Phi) is 5.49. The molecule has 1 fully saturated rings. The van der Waals surface area contributed by atoms with Gasteiger partial charge in [0, 0.05) is 54.3 Å². The van der Waals surface area contributed by atoms with Crippen molar-refractivity contribution in [3.63, 3.8) is 0 Å². The molecule has 2 atom stereocenters. The number of aryl methyl sites for hydroxylation is 2. The highest BCUT2D eigenvalue weighted by molar-refractivity contribution is 5.94. The van der Waals surface area contributed by atoms with Gasteiger partial charge in [-0.25, -0.2) is 0 Å². The molecule has 0 unspecified atom stereocenters. The van der Waals surface area contributed by atoms with Gasteiger partial charge in [-0.05, 0) is 70.8 Å². The van der Waals surface area contributed by atoms with Crippen LogP contribution in [0.15, 0.2) is 36.4 Å². The number of hydrogen-bond donors (Lipinski definition) is 1. The first-order valence-electron chi connectivity index (χ1n) is 9.24. The summed E-state index contributed by atoms with van der Waals surface area (Å²) in [6, 6.07) is 12.2. The predicted molar refractivity (Wildman–Crippen MR) is 104 cm³/mol. The summed E-state index contributed by atoms with van der Waals surface area (Å²) in [5.74, 6) is 0.303. The van der Waals surface area contributed by atoms with Crippen LogP contribution in [0, 0.1) is 19.8 Å². The quantitative estimate of drug-likeness (QED) is 0.917. The largest absolute Gasteiger partial charge is 0.396 e. The van der Waals surface area contributed by atoms with Crippen LogP contribution < -0.4 is 0 Å². The Morgan fingerprint density at radius 2 is 1.73 bits per heavy atom. The summed E-state index contributed by atoms with van der Waals surface area (Å²) in [4.78, 5) is 17.0. The van der Waals surface area contributed by atoms with Crippen LogP contribution in [-0.2, 0) is 0 Å². The van der Waals surface area contributed by atoms with Crippen molar-refractivity contribution in [1.29, 1.82) is 0 Å². The number of amides is 1. The molecule has 1 saturated heterocycles. The molecule has 3 rings (SSSR count). The SMILES string of the molecule is Cc1ccc(C)n1-c1ccc(C(=O)N2CC[C@H](CO)[C@H](N(C)C)C2)cc1. The lowest BCUT2D eigenvalue weighted by molar-refractivity contribution is 0.0379. The lowest BCUT2D eigenvalue weighted by Crippen LogP contribution is -2.53. The Hall–Kier alpha value is -2.11. The summed E-state index contributed by atoms with van der Waals surface area (Å²) in [5.41, 5.74) is 4.16. The molecule has 5 heteroatoms. The topological polar surface area (TPSA) is 48.7 Å². The van der Waals surface area contributed by atoms with Gasteiger partial charge >= 0.3 is 0 Å². The first kappa shape index (κ1) is 18.7. The zero-order valence-electron chi connectivity index (χ0n) is 16.1. The minimum Gasteiger partial charge on any atom is -0.396 e. The van der Waals surface area contributed by atoms with Crippen molar-refractivity contribution in [2.45, 2.75) is 26.3 Å². The second-order valence-electron chi connectivity index (χ2n) is 7.51. The molecule has 2 heterocycles. The van der Waals surface area contributed by atoms with Crippen molar-refractivity contribution in [3.8, 4) is 5.69 Å². The smallest absolute Gasteiger partial charge is 0.253 e. The highest BCUT2D eigenvalue weighted by Crippen LogP contribution is 2.23. The van der Waals surface area contributed by atoms with Crippen LogP contribution in [0.4, 0.5) is 0 Å². The maximum absolute atomic E-state index is 12.9. The summed E-state index contributed by atoms with van der Waals surface area (Å²) >= 11 is 0. The number of hydrogen-bond acceptors (Lipinski definition) is 3. The van der Waals surface area contributed by atoms with Crippen LogP contribution in [-0.4, -0.2) is 65.2 Å². The number of aliphatic hydroxyl groups is 1. The van der Waals surface area contributed by atoms with Gasteiger partial charge in [-0.3, -0.25) is 4.79 Å². The Bertz CT molecular complexity index is 745. The van der Waals surface area contributed by atoms with E-state index in [0.717, 1.165) is 17.7 Å². The molecule has 2 aromatic rings. The van der Waals surface area contributed by atoms with Gasteiger partial charge in [0.2, 0.25) is 0 Å². The highest BCUT2D eigenvalue weighted by atomic mass is 16.3. The molecule has 1 aromatic carbocycles. The van der Waals surface area contributed by atoms with Gasteiger partial charge < -0.3 is 19.5 Å². The van der Waals surface area contributed by atoms with E-state index in [1.54, 1.807) is 0 Å². The van der Waals surface area contributed by atoms with E-state index in [9.17, 15) is 9.90 Å². The van der Waals surface area contributed by atoms with Gasteiger partial charge in [-0.15, -0.1) is 0 Å². The second-order valence-corrected chi connectivity index (χ2v) is 7.51. The molecule has 0 aliphatic carbocycles. The summed E-state index contributed by atoms with van der Waals surface area (Å²) in [5, 5.41) is 9.59. The third-order valence-electron chi connectivity index (χ3n) is 5.55. The van der Waals surface area contributed by atoms with Gasteiger partial charge in [-0.1, -0.05) is 0 Å². The van der Waals surface area contributed by atoms with Gasteiger partial charge in [-0.2, -0.15) is 0 Å². The molecule has 1 aliphatic rings. The monoisotopic (exact) mass is 355 g/mol. The van der Waals surface area contributed by atoms with Crippen molar-refractivity contribution in [1.82, 2.24) is 14.4 Å². The van der Waals surface area contributed by atoms with E-state index in [0.29, 0.717) is 13.1 Å². The van der Waals surface area contributed by atoms with Crippen molar-refractivity contribution >= 4 is 5.91 Å². The molecule has 1 N–H and O–H groups in total. The minimum absolute atomic E-state index is 0.0701. The Labute approximate surface area is 155 Å². The van der Waals surface area contributed by atoms with E-state index >= 15 is 0 Å². The summed E-state index contributed by atoms with van der Waals surface area (Å²) in [6.07, 6.45) is 0.838. The molecular weight excluding hydrogens is 326 g/mol. The van der Waals surface area contributed by atoms with Crippen molar-refractivity contribution in [2.24, 2.45) is 5.92 Å². The number of nitrogens with zero attached hydrogens (tertiary/aromatic N) is 3. The number of aliphatic hydroxyl groups excluding tert-OH is 1. The number of aromatic nitrogens is 1. The third-order valence-corrected chi connectivity index (χ3v) is 5.55. The van der Waals surface area contributed by atoms with Gasteiger partial charge in [0.1, 0.15) is 0 Å². The van der Waals surface area contributed by atoms with Crippen LogP contribution in [0.3, 0.4) is 0 Å². The first-order valence-corrected chi connectivity index (χ1v) is 9.24. The van der Waals surface area contributed by atoms with Gasteiger partial charge in [0.15, 0.2) is 0 Å². The van der Waals surface area contributed by atoms with Crippen LogP contribution in [0.2, 0.25) is 0 Å². The molecule has 1 amide bonds. The zero-order valence-corrected chi connectivity index (χ0v) is 16.1. The Morgan fingerprint density at radius 1 is 1.12 bits per heavy atom. The average Bonchev–Trinajstić information content (AvgIpc) is 2.99. The standard InChI is InChI=1S/C21H29N3O2/c1-15-5-6-16(2)24(15)19-9-7-17(8-10-19)21(26)23-12-11-18(14-25)20(13-23)22(3)4/h5-10,18,20,25H,11-14H2,1-4H3/t18-,20-/m1/s1. The molecule has 1 aromatic heterocycles. The molecule has 140 valence electrons. The number of likely N-dealkylation sites (tertiary alicyclic amines) is 1. The van der Waals surface area contributed by atoms with E-state index < -0.39 is 0 Å². The molecule has 0 saturated carbocycles. The van der Waals surface area contributed by atoms with Crippen LogP contribution in [0.25, 0.3) is 5.69 Å². The maximum Gasteiger partial charge on any atom is 0.253 e. The maximum atomic E-state index is 12.9. The normalized spacial score (nSPS) is 20.6. The van der Waals surface area contributed by atoms with E-state index in [1.807, 2.05) is 43.3 Å². The molecule has 26 heavy (non-hydrogen) atoms. The summed E-state index contributed by atoms with van der Waals surface area (Å²) < 4.78 is 2.18. The van der Waals surface area contributed by atoms with E-state index in [4.69, 9.17) is 0 Å². The van der Waals surface area contributed by atoms with E-state index in [1.165, 1.54) is 11.4 Å². The van der Waals surface area contributed by atoms with E-state index in [-0.39, 0.29) is 24.5 Å². The molecule has 0 spiro atoms. The van der Waals surface area contributed by atoms with E-state index in [2.05, 4.69) is 35.4 Å². The van der Waals surface area contributed by atoms with Crippen LogP contribution in [0.5, 0.6) is 0 Å². The van der Waals surface area contributed by atoms with Crippen molar-refractivity contribution in [2.75, 3.05) is 33.8 Å². The van der Waals surface area contributed by atoms with Crippen molar-refractivity contribution < 1.29 is 9.90 Å². The second kappa shape index (κ2) is 7.64. The fourth-order valence-electron chi connectivity index (χ4n) is 3.97. The number of benzene rings is 1. The number of likely N-dealkylation sites (N-methyl/N-ethyl adjacent to an activating group) is 1. The average molecular weight is 355 g/mol. The molecule has 5 nitrogen and oxygen atoms in total.